The Kier molecular flexibility index (Phi) is 3.52. The van der Waals surface area contributed by atoms with Crippen molar-refractivity contribution in [1.29, 1.82) is 0 Å². The first-order valence-corrected chi connectivity index (χ1v) is 5.74. The van der Waals surface area contributed by atoms with Crippen LogP contribution in [0.5, 0.6) is 0 Å². The average Bonchev–Trinajstić information content (AvgIpc) is 2.32. The minimum atomic E-state index is -1.02. The van der Waals surface area contributed by atoms with Crippen LogP contribution < -0.4 is 0 Å². The van der Waals surface area contributed by atoms with Gasteiger partial charge in [0.15, 0.2) is 0 Å². The maximum atomic E-state index is 13.7. The van der Waals surface area contributed by atoms with Crippen molar-refractivity contribution >= 4 is 21.7 Å². The van der Waals surface area contributed by atoms with Gasteiger partial charge in [-0.2, -0.15) is 0 Å². The zero-order valence-corrected chi connectivity index (χ0v) is 10.5. The first-order chi connectivity index (χ1) is 8.52. The number of hydrogen-bond donors (Lipinski definition) is 0. The molecule has 2 aromatic carbocycles. The summed E-state index contributed by atoms with van der Waals surface area (Å²) in [7, 11) is 0. The van der Waals surface area contributed by atoms with Crippen molar-refractivity contribution in [3.05, 3.63) is 69.4 Å². The summed E-state index contributed by atoms with van der Waals surface area (Å²) < 4.78 is 40.6. The molecule has 0 radical (unpaired) electrons. The second-order valence-corrected chi connectivity index (χ2v) is 4.38. The van der Waals surface area contributed by atoms with Crippen LogP contribution in [-0.2, 0) is 0 Å². The van der Waals surface area contributed by atoms with Gasteiger partial charge in [0.05, 0.1) is 15.6 Å². The van der Waals surface area contributed by atoms with Crippen molar-refractivity contribution in [1.82, 2.24) is 0 Å². The third-order valence-electron chi connectivity index (χ3n) is 2.39. The Morgan fingerprint density at radius 2 is 1.50 bits per heavy atom. The molecule has 0 aliphatic heterocycles. The van der Waals surface area contributed by atoms with Gasteiger partial charge in [-0.15, -0.1) is 0 Å². The maximum Gasteiger partial charge on any atom is 0.201 e. The highest BCUT2D eigenvalue weighted by atomic mass is 79.9. The normalized spacial score (nSPS) is 10.4. The molecule has 0 amide bonds. The van der Waals surface area contributed by atoms with Gasteiger partial charge in [-0.05, 0) is 40.2 Å². The Hall–Kier alpha value is -1.62. The Morgan fingerprint density at radius 1 is 0.944 bits per heavy atom. The summed E-state index contributed by atoms with van der Waals surface area (Å²) in [5.41, 5.74) is -1.14. The smallest absolute Gasteiger partial charge is 0.201 e. The molecule has 0 aliphatic carbocycles. The number of ketones is 1. The molecule has 0 aromatic heterocycles. The number of carbonyl (C=O) groups excluding carboxylic acids is 1. The van der Waals surface area contributed by atoms with Crippen LogP contribution in [0.3, 0.4) is 0 Å². The van der Waals surface area contributed by atoms with Gasteiger partial charge in [0.1, 0.15) is 17.5 Å². The number of halogens is 4. The van der Waals surface area contributed by atoms with E-state index < -0.39 is 28.8 Å². The number of rotatable bonds is 2. The molecule has 5 heteroatoms. The summed E-state index contributed by atoms with van der Waals surface area (Å²) in [4.78, 5) is 11.9. The largest absolute Gasteiger partial charge is 0.288 e. The van der Waals surface area contributed by atoms with Crippen LogP contribution in [0.2, 0.25) is 0 Å². The van der Waals surface area contributed by atoms with Crippen molar-refractivity contribution in [2.24, 2.45) is 0 Å². The molecule has 0 atom stereocenters. The van der Waals surface area contributed by atoms with E-state index in [1.807, 2.05) is 0 Å². The molecule has 0 aliphatic rings. The summed E-state index contributed by atoms with van der Waals surface area (Å²) >= 11 is 2.91. The monoisotopic (exact) mass is 314 g/mol. The van der Waals surface area contributed by atoms with Crippen LogP contribution >= 0.6 is 15.9 Å². The number of hydrogen-bond acceptors (Lipinski definition) is 1. The van der Waals surface area contributed by atoms with Crippen molar-refractivity contribution in [3.8, 4) is 0 Å². The molecule has 0 N–H and O–H groups in total. The van der Waals surface area contributed by atoms with E-state index in [2.05, 4.69) is 15.9 Å². The summed E-state index contributed by atoms with van der Waals surface area (Å²) in [5.74, 6) is -3.90. The molecule has 2 aromatic rings. The van der Waals surface area contributed by atoms with Crippen molar-refractivity contribution in [3.63, 3.8) is 0 Å². The lowest BCUT2D eigenvalue weighted by Gasteiger charge is -2.06. The van der Waals surface area contributed by atoms with E-state index in [0.717, 1.165) is 18.2 Å². The van der Waals surface area contributed by atoms with Crippen LogP contribution in [0.25, 0.3) is 0 Å². The highest BCUT2D eigenvalue weighted by Crippen LogP contribution is 2.23. The molecular weight excluding hydrogens is 309 g/mol. The molecule has 0 fully saturated rings. The van der Waals surface area contributed by atoms with E-state index in [0.29, 0.717) is 0 Å². The molecule has 1 nitrogen and oxygen atoms in total. The summed E-state index contributed by atoms with van der Waals surface area (Å²) in [6.07, 6.45) is 0. The Labute approximate surface area is 109 Å². The average molecular weight is 315 g/mol. The molecular formula is C13H6BrF3O. The minimum absolute atomic E-state index is 0.0603. The van der Waals surface area contributed by atoms with Gasteiger partial charge in [0, 0.05) is 0 Å². The van der Waals surface area contributed by atoms with Crippen molar-refractivity contribution in [2.45, 2.75) is 0 Å². The Bertz CT molecular complexity index is 605. The lowest BCUT2D eigenvalue weighted by molar-refractivity contribution is 0.102. The third-order valence-corrected chi connectivity index (χ3v) is 3.00. The lowest BCUT2D eigenvalue weighted by atomic mass is 10.0. The zero-order valence-electron chi connectivity index (χ0n) is 8.88. The van der Waals surface area contributed by atoms with Crippen LogP contribution in [0.1, 0.15) is 15.9 Å². The van der Waals surface area contributed by atoms with Crippen LogP contribution in [0.15, 0.2) is 40.9 Å². The minimum Gasteiger partial charge on any atom is -0.288 e. The number of carbonyl (C=O) groups is 1. The summed E-state index contributed by atoms with van der Waals surface area (Å²) in [5, 5.41) is 0. The standard InChI is InChI=1S/C13H6BrF3O/c14-8-4-1-3-7(12(8)17)13(18)11-9(15)5-2-6-10(11)16/h1-6H. The summed E-state index contributed by atoms with van der Waals surface area (Å²) in [6, 6.07) is 7.02. The fraction of sp³-hybridized carbons (Fsp3) is 0. The van der Waals surface area contributed by atoms with Gasteiger partial charge in [-0.1, -0.05) is 12.1 Å². The molecule has 0 heterocycles. The van der Waals surface area contributed by atoms with Gasteiger partial charge in [0.2, 0.25) is 5.78 Å². The predicted octanol–water partition coefficient (Wildman–Crippen LogP) is 4.10. The fourth-order valence-corrected chi connectivity index (χ4v) is 1.89. The van der Waals surface area contributed by atoms with E-state index in [1.165, 1.54) is 18.2 Å². The molecule has 18 heavy (non-hydrogen) atoms. The van der Waals surface area contributed by atoms with Crippen LogP contribution in [0.4, 0.5) is 13.2 Å². The van der Waals surface area contributed by atoms with Gasteiger partial charge in [-0.3, -0.25) is 4.79 Å². The Morgan fingerprint density at radius 3 is 2.11 bits per heavy atom. The quantitative estimate of drug-likeness (QED) is 0.763. The van der Waals surface area contributed by atoms with Gasteiger partial charge < -0.3 is 0 Å². The van der Waals surface area contributed by atoms with Crippen molar-refractivity contribution < 1.29 is 18.0 Å². The second-order valence-electron chi connectivity index (χ2n) is 3.53. The first-order valence-electron chi connectivity index (χ1n) is 4.95. The van der Waals surface area contributed by atoms with E-state index >= 15 is 0 Å². The zero-order chi connectivity index (χ0) is 13.3. The van der Waals surface area contributed by atoms with E-state index in [1.54, 1.807) is 0 Å². The predicted molar refractivity (Wildman–Crippen MR) is 63.9 cm³/mol. The fourth-order valence-electron chi connectivity index (χ4n) is 1.53. The van der Waals surface area contributed by atoms with Crippen LogP contribution in [0, 0.1) is 17.5 Å². The van der Waals surface area contributed by atoms with E-state index in [4.69, 9.17) is 0 Å². The number of benzene rings is 2. The molecule has 2 rings (SSSR count). The molecule has 0 spiro atoms. The molecule has 0 saturated carbocycles. The third kappa shape index (κ3) is 2.18. The molecule has 0 unspecified atom stereocenters. The highest BCUT2D eigenvalue weighted by Gasteiger charge is 2.22. The molecule has 0 bridgehead atoms. The van der Waals surface area contributed by atoms with E-state index in [-0.39, 0.29) is 10.0 Å². The molecule has 0 saturated heterocycles. The lowest BCUT2D eigenvalue weighted by Crippen LogP contribution is -2.09. The Balaban J connectivity index is 2.59. The van der Waals surface area contributed by atoms with Crippen LogP contribution in [-0.4, -0.2) is 5.78 Å². The summed E-state index contributed by atoms with van der Waals surface area (Å²) in [6.45, 7) is 0. The van der Waals surface area contributed by atoms with Gasteiger partial charge in [-0.25, -0.2) is 13.2 Å². The first kappa shape index (κ1) is 12.8. The molecule has 92 valence electrons. The highest BCUT2D eigenvalue weighted by molar-refractivity contribution is 9.10. The van der Waals surface area contributed by atoms with E-state index in [9.17, 15) is 18.0 Å². The SMILES string of the molecule is O=C(c1cccc(Br)c1F)c1c(F)cccc1F. The second kappa shape index (κ2) is 4.94. The van der Waals surface area contributed by atoms with Gasteiger partial charge in [0.25, 0.3) is 0 Å². The maximum absolute atomic E-state index is 13.7. The topological polar surface area (TPSA) is 17.1 Å². The van der Waals surface area contributed by atoms with Gasteiger partial charge >= 0.3 is 0 Å². The van der Waals surface area contributed by atoms with Crippen molar-refractivity contribution in [2.75, 3.05) is 0 Å².